The van der Waals surface area contributed by atoms with Gasteiger partial charge in [0, 0.05) is 13.1 Å². The Morgan fingerprint density at radius 1 is 1.06 bits per heavy atom. The zero-order valence-electron chi connectivity index (χ0n) is 20.5. The standard InChI is InChI=1S/C26H30N6O2S/c1-17-11-13-19(14-12-17)31-24(30-15-7-8-16-30)28-29-25(31)35-18(2)22(33)32-21-10-6-5-9-20(21)27-23(34)26(32,3)4/h5-6,9-14,18H,7-8,15-16H2,1-4H3,(H,27,34). The topological polar surface area (TPSA) is 83.4 Å². The third-order valence-electron chi connectivity index (χ3n) is 6.66. The van der Waals surface area contributed by atoms with Crippen molar-refractivity contribution in [3.8, 4) is 5.69 Å². The van der Waals surface area contributed by atoms with Crippen molar-refractivity contribution in [1.82, 2.24) is 14.8 Å². The maximum atomic E-state index is 13.8. The molecule has 2 amide bonds. The Kier molecular flexibility index (Phi) is 6.04. The van der Waals surface area contributed by atoms with E-state index in [0.29, 0.717) is 16.5 Å². The number of nitrogens with zero attached hydrogens (tertiary/aromatic N) is 5. The minimum absolute atomic E-state index is 0.150. The second kappa shape index (κ2) is 9.03. The Bertz CT molecular complexity index is 1260. The van der Waals surface area contributed by atoms with Crippen molar-refractivity contribution in [2.24, 2.45) is 0 Å². The molecule has 8 nitrogen and oxygen atoms in total. The molecule has 2 aliphatic heterocycles. The molecule has 2 aliphatic rings. The molecular weight excluding hydrogens is 460 g/mol. The molecule has 1 unspecified atom stereocenters. The third kappa shape index (κ3) is 4.18. The van der Waals surface area contributed by atoms with Crippen molar-refractivity contribution in [2.45, 2.75) is 56.5 Å². The van der Waals surface area contributed by atoms with Gasteiger partial charge in [0.05, 0.1) is 22.3 Å². The molecule has 1 fully saturated rings. The van der Waals surface area contributed by atoms with Crippen molar-refractivity contribution in [1.29, 1.82) is 0 Å². The molecule has 1 N–H and O–H groups in total. The van der Waals surface area contributed by atoms with Crippen molar-refractivity contribution in [3.63, 3.8) is 0 Å². The summed E-state index contributed by atoms with van der Waals surface area (Å²) in [6.45, 7) is 9.35. The molecule has 3 aromatic rings. The van der Waals surface area contributed by atoms with Gasteiger partial charge in [-0.05, 0) is 64.8 Å². The fraction of sp³-hybridized carbons (Fsp3) is 0.385. The zero-order chi connectivity index (χ0) is 24.7. The van der Waals surface area contributed by atoms with Crippen LogP contribution in [0.2, 0.25) is 0 Å². The van der Waals surface area contributed by atoms with Crippen LogP contribution in [0, 0.1) is 6.92 Å². The number of para-hydroxylation sites is 2. The molecule has 0 bridgehead atoms. The van der Waals surface area contributed by atoms with Crippen molar-refractivity contribution in [3.05, 3.63) is 54.1 Å². The van der Waals surface area contributed by atoms with E-state index >= 15 is 0 Å². The number of rotatable bonds is 5. The first kappa shape index (κ1) is 23.4. The highest BCUT2D eigenvalue weighted by molar-refractivity contribution is 8.00. The zero-order valence-corrected chi connectivity index (χ0v) is 21.3. The Balaban J connectivity index is 1.49. The molecule has 3 heterocycles. The highest BCUT2D eigenvalue weighted by Crippen LogP contribution is 2.39. The number of benzene rings is 2. The molecule has 1 saturated heterocycles. The number of aryl methyl sites for hydroxylation is 1. The summed E-state index contributed by atoms with van der Waals surface area (Å²) < 4.78 is 2.04. The lowest BCUT2D eigenvalue weighted by Crippen LogP contribution is -2.60. The molecule has 0 aliphatic carbocycles. The summed E-state index contributed by atoms with van der Waals surface area (Å²) in [5.74, 6) is 0.445. The van der Waals surface area contributed by atoms with E-state index in [9.17, 15) is 9.59 Å². The first-order valence-corrected chi connectivity index (χ1v) is 12.8. The van der Waals surface area contributed by atoms with Gasteiger partial charge >= 0.3 is 0 Å². The normalized spacial score (nSPS) is 17.8. The lowest BCUT2D eigenvalue weighted by atomic mass is 9.96. The van der Waals surface area contributed by atoms with E-state index in [-0.39, 0.29) is 11.8 Å². The van der Waals surface area contributed by atoms with Crippen LogP contribution in [0.4, 0.5) is 17.3 Å². The molecule has 0 spiro atoms. The third-order valence-corrected chi connectivity index (χ3v) is 7.69. The van der Waals surface area contributed by atoms with Gasteiger partial charge in [0.1, 0.15) is 5.54 Å². The van der Waals surface area contributed by atoms with Crippen LogP contribution >= 0.6 is 11.8 Å². The number of carbonyl (C=O) groups excluding carboxylic acids is 2. The van der Waals surface area contributed by atoms with Crippen molar-refractivity contribution >= 4 is 40.9 Å². The van der Waals surface area contributed by atoms with E-state index in [2.05, 4.69) is 51.6 Å². The minimum atomic E-state index is -1.02. The Morgan fingerprint density at radius 2 is 1.74 bits per heavy atom. The Hall–Kier alpha value is -3.33. The van der Waals surface area contributed by atoms with E-state index in [1.54, 1.807) is 18.7 Å². The molecule has 2 aromatic carbocycles. The molecule has 0 radical (unpaired) electrons. The highest BCUT2D eigenvalue weighted by atomic mass is 32.2. The number of amides is 2. The van der Waals surface area contributed by atoms with E-state index in [1.807, 2.05) is 35.8 Å². The van der Waals surface area contributed by atoms with E-state index in [4.69, 9.17) is 0 Å². The van der Waals surface area contributed by atoms with Crippen LogP contribution in [0.25, 0.3) is 5.69 Å². The van der Waals surface area contributed by atoms with E-state index in [0.717, 1.165) is 37.6 Å². The second-order valence-electron chi connectivity index (χ2n) is 9.61. The highest BCUT2D eigenvalue weighted by Gasteiger charge is 2.45. The second-order valence-corrected chi connectivity index (χ2v) is 10.9. The molecule has 182 valence electrons. The predicted octanol–water partition coefficient (Wildman–Crippen LogP) is 4.42. The van der Waals surface area contributed by atoms with Crippen LogP contribution in [0.3, 0.4) is 0 Å². The van der Waals surface area contributed by atoms with E-state index in [1.165, 1.54) is 17.3 Å². The maximum Gasteiger partial charge on any atom is 0.250 e. The molecule has 0 saturated carbocycles. The molecule has 1 atom stereocenters. The van der Waals surface area contributed by atoms with Gasteiger partial charge in [-0.1, -0.05) is 41.6 Å². The smallest absolute Gasteiger partial charge is 0.250 e. The Morgan fingerprint density at radius 3 is 2.46 bits per heavy atom. The molecule has 5 rings (SSSR count). The van der Waals surface area contributed by atoms with Crippen LogP contribution in [0.5, 0.6) is 0 Å². The first-order valence-electron chi connectivity index (χ1n) is 12.0. The SMILES string of the molecule is Cc1ccc(-n2c(SC(C)C(=O)N3c4ccccc4NC(=O)C3(C)C)nnc2N2CCCC2)cc1. The average Bonchev–Trinajstić information content (AvgIpc) is 3.50. The fourth-order valence-electron chi connectivity index (χ4n) is 4.62. The van der Waals surface area contributed by atoms with Gasteiger partial charge in [-0.15, -0.1) is 10.2 Å². The summed E-state index contributed by atoms with van der Waals surface area (Å²) in [5, 5.41) is 12.1. The molecular formula is C26H30N6O2S. The van der Waals surface area contributed by atoms with Gasteiger partial charge in [-0.2, -0.15) is 0 Å². The number of carbonyl (C=O) groups is 2. The first-order chi connectivity index (χ1) is 16.8. The molecule has 35 heavy (non-hydrogen) atoms. The van der Waals surface area contributed by atoms with E-state index < -0.39 is 10.8 Å². The van der Waals surface area contributed by atoms with Gasteiger partial charge in [0.15, 0.2) is 5.16 Å². The van der Waals surface area contributed by atoms with Crippen LogP contribution < -0.4 is 15.1 Å². The van der Waals surface area contributed by atoms with Gasteiger partial charge in [0.2, 0.25) is 17.8 Å². The molecule has 9 heteroatoms. The number of aromatic nitrogens is 3. The Labute approximate surface area is 209 Å². The van der Waals surface area contributed by atoms with Crippen molar-refractivity contribution in [2.75, 3.05) is 28.2 Å². The number of hydrogen-bond donors (Lipinski definition) is 1. The summed E-state index contributed by atoms with van der Waals surface area (Å²) in [5.41, 5.74) is 2.46. The quantitative estimate of drug-likeness (QED) is 0.533. The van der Waals surface area contributed by atoms with Crippen LogP contribution in [-0.4, -0.2) is 50.5 Å². The maximum absolute atomic E-state index is 13.8. The monoisotopic (exact) mass is 490 g/mol. The lowest BCUT2D eigenvalue weighted by Gasteiger charge is -2.43. The summed E-state index contributed by atoms with van der Waals surface area (Å²) in [4.78, 5) is 30.6. The van der Waals surface area contributed by atoms with Gasteiger partial charge in [-0.3, -0.25) is 19.1 Å². The van der Waals surface area contributed by atoms with Gasteiger partial charge < -0.3 is 10.2 Å². The van der Waals surface area contributed by atoms with Crippen LogP contribution in [0.15, 0.2) is 53.7 Å². The van der Waals surface area contributed by atoms with Crippen molar-refractivity contribution < 1.29 is 9.59 Å². The molecule has 1 aromatic heterocycles. The summed E-state index contributed by atoms with van der Waals surface area (Å²) in [6.07, 6.45) is 2.26. The lowest BCUT2D eigenvalue weighted by molar-refractivity contribution is -0.126. The average molecular weight is 491 g/mol. The van der Waals surface area contributed by atoms with Crippen LogP contribution in [0.1, 0.15) is 39.2 Å². The number of hydrogen-bond acceptors (Lipinski definition) is 6. The predicted molar refractivity (Wildman–Crippen MR) is 139 cm³/mol. The van der Waals surface area contributed by atoms with Gasteiger partial charge in [-0.25, -0.2) is 0 Å². The minimum Gasteiger partial charge on any atom is -0.341 e. The summed E-state index contributed by atoms with van der Waals surface area (Å²) >= 11 is 1.37. The van der Waals surface area contributed by atoms with Gasteiger partial charge in [0.25, 0.3) is 0 Å². The number of thioether (sulfide) groups is 1. The number of fused-ring (bicyclic) bond motifs is 1. The number of nitrogens with one attached hydrogen (secondary N) is 1. The largest absolute Gasteiger partial charge is 0.341 e. The fourth-order valence-corrected chi connectivity index (χ4v) is 5.52. The van der Waals surface area contributed by atoms with Crippen LogP contribution in [-0.2, 0) is 9.59 Å². The summed E-state index contributed by atoms with van der Waals surface area (Å²) in [7, 11) is 0. The number of anilines is 3. The summed E-state index contributed by atoms with van der Waals surface area (Å²) in [6, 6.07) is 15.7.